The van der Waals surface area contributed by atoms with Gasteiger partial charge in [0.25, 0.3) is 11.8 Å². The van der Waals surface area contributed by atoms with Crippen LogP contribution in [0.4, 0.5) is 11.4 Å². The fourth-order valence-electron chi connectivity index (χ4n) is 2.51. The Kier molecular flexibility index (Phi) is 5.53. The fourth-order valence-corrected chi connectivity index (χ4v) is 2.70. The normalized spacial score (nSPS) is 16.3. The van der Waals surface area contributed by atoms with Crippen LogP contribution in [0.25, 0.3) is 0 Å². The molecule has 1 heterocycles. The van der Waals surface area contributed by atoms with Crippen molar-refractivity contribution in [2.24, 2.45) is 0 Å². The van der Waals surface area contributed by atoms with Crippen LogP contribution in [0.3, 0.4) is 0 Å². The summed E-state index contributed by atoms with van der Waals surface area (Å²) in [5, 5.41) is 3.35. The molecule has 0 saturated carbocycles. The lowest BCUT2D eigenvalue weighted by Gasteiger charge is -2.12. The minimum atomic E-state index is -0.415. The minimum absolute atomic E-state index is 0.188. The van der Waals surface area contributed by atoms with E-state index in [4.69, 9.17) is 16.3 Å². The molecule has 1 fully saturated rings. The van der Waals surface area contributed by atoms with Crippen molar-refractivity contribution < 1.29 is 14.3 Å². The lowest BCUT2D eigenvalue weighted by molar-refractivity contribution is -0.124. The Labute approximate surface area is 150 Å². The number of benzene rings is 2. The van der Waals surface area contributed by atoms with Gasteiger partial charge in [-0.15, -0.1) is 0 Å². The van der Waals surface area contributed by atoms with E-state index in [-0.39, 0.29) is 11.8 Å². The molecule has 7 heteroatoms. The largest absolute Gasteiger partial charge is 0.368 e. The fraction of sp³-hybridized carbons (Fsp3) is 0.222. The quantitative estimate of drug-likeness (QED) is 0.716. The summed E-state index contributed by atoms with van der Waals surface area (Å²) in [7, 11) is 0. The van der Waals surface area contributed by atoms with Gasteiger partial charge in [0.15, 0.2) is 0 Å². The van der Waals surface area contributed by atoms with Crippen LogP contribution in [-0.2, 0) is 9.53 Å². The first-order chi connectivity index (χ1) is 12.1. The Hall–Kier alpha value is -2.57. The maximum atomic E-state index is 12.3. The van der Waals surface area contributed by atoms with Crippen molar-refractivity contribution >= 4 is 34.8 Å². The molecular weight excluding hydrogens is 342 g/mol. The van der Waals surface area contributed by atoms with E-state index in [9.17, 15) is 9.59 Å². The Morgan fingerprint density at radius 3 is 2.64 bits per heavy atom. The molecule has 2 aromatic rings. The van der Waals surface area contributed by atoms with Crippen molar-refractivity contribution in [2.75, 3.05) is 17.3 Å². The molecule has 1 aliphatic rings. The van der Waals surface area contributed by atoms with Crippen LogP contribution < -0.4 is 16.2 Å². The smallest absolute Gasteiger partial charge is 0.269 e. The van der Waals surface area contributed by atoms with Crippen LogP contribution in [0.2, 0.25) is 5.02 Å². The number of carbonyl (C=O) groups excluding carboxylic acids is 2. The summed E-state index contributed by atoms with van der Waals surface area (Å²) in [5.74, 6) is -0.514. The molecule has 3 N–H and O–H groups in total. The highest BCUT2D eigenvalue weighted by atomic mass is 35.5. The summed E-state index contributed by atoms with van der Waals surface area (Å²) in [6, 6.07) is 13.7. The van der Waals surface area contributed by atoms with Crippen molar-refractivity contribution in [1.82, 2.24) is 5.43 Å². The highest BCUT2D eigenvalue weighted by Gasteiger charge is 2.23. The second-order valence-electron chi connectivity index (χ2n) is 5.66. The number of carbonyl (C=O) groups is 2. The predicted molar refractivity (Wildman–Crippen MR) is 96.6 cm³/mol. The van der Waals surface area contributed by atoms with Crippen molar-refractivity contribution in [3.8, 4) is 0 Å². The maximum absolute atomic E-state index is 12.3. The van der Waals surface area contributed by atoms with E-state index in [1.54, 1.807) is 48.5 Å². The number of amides is 2. The number of hydrogen-bond acceptors (Lipinski definition) is 4. The zero-order valence-electron chi connectivity index (χ0n) is 13.4. The Bertz CT molecular complexity index is 776. The number of hydrazine groups is 1. The van der Waals surface area contributed by atoms with Crippen LogP contribution in [0.1, 0.15) is 23.2 Å². The van der Waals surface area contributed by atoms with Crippen LogP contribution in [-0.4, -0.2) is 24.5 Å². The van der Waals surface area contributed by atoms with Gasteiger partial charge in [-0.3, -0.25) is 20.4 Å². The summed E-state index contributed by atoms with van der Waals surface area (Å²) in [6.07, 6.45) is 1.19. The van der Waals surface area contributed by atoms with Crippen molar-refractivity contribution in [3.63, 3.8) is 0 Å². The molecule has 25 heavy (non-hydrogen) atoms. The first kappa shape index (κ1) is 17.3. The minimum Gasteiger partial charge on any atom is -0.368 e. The van der Waals surface area contributed by atoms with Crippen molar-refractivity contribution in [2.45, 2.75) is 18.9 Å². The number of rotatable bonds is 5. The second-order valence-corrected chi connectivity index (χ2v) is 6.10. The van der Waals surface area contributed by atoms with Crippen molar-refractivity contribution in [1.29, 1.82) is 0 Å². The summed E-state index contributed by atoms with van der Waals surface area (Å²) in [4.78, 5) is 24.3. The summed E-state index contributed by atoms with van der Waals surface area (Å²) in [6.45, 7) is 0.607. The van der Waals surface area contributed by atoms with E-state index >= 15 is 0 Å². The van der Waals surface area contributed by atoms with Gasteiger partial charge in [-0.05, 0) is 49.2 Å². The van der Waals surface area contributed by atoms with Crippen LogP contribution in [0.5, 0.6) is 0 Å². The lowest BCUT2D eigenvalue weighted by atomic mass is 10.1. The molecule has 0 bridgehead atoms. The van der Waals surface area contributed by atoms with Gasteiger partial charge in [0.2, 0.25) is 0 Å². The topological polar surface area (TPSA) is 79.5 Å². The molecule has 1 aliphatic heterocycles. The molecule has 1 saturated heterocycles. The molecule has 0 aliphatic carbocycles. The Morgan fingerprint density at radius 1 is 1.08 bits per heavy atom. The van der Waals surface area contributed by atoms with Crippen LogP contribution >= 0.6 is 11.6 Å². The monoisotopic (exact) mass is 359 g/mol. The Balaban J connectivity index is 1.60. The van der Waals surface area contributed by atoms with E-state index in [0.29, 0.717) is 28.6 Å². The molecular formula is C18H18ClN3O3. The first-order valence-electron chi connectivity index (χ1n) is 7.96. The molecule has 6 nitrogen and oxygen atoms in total. The summed E-state index contributed by atoms with van der Waals surface area (Å²) >= 11 is 5.90. The van der Waals surface area contributed by atoms with E-state index in [1.807, 2.05) is 0 Å². The zero-order chi connectivity index (χ0) is 17.6. The molecule has 0 unspecified atom stereocenters. The van der Waals surface area contributed by atoms with Crippen molar-refractivity contribution in [3.05, 3.63) is 59.1 Å². The lowest BCUT2D eigenvalue weighted by Crippen LogP contribution is -2.30. The third kappa shape index (κ3) is 4.71. The van der Waals surface area contributed by atoms with Gasteiger partial charge in [0.1, 0.15) is 6.10 Å². The standard InChI is InChI=1S/C18H18ClN3O3/c19-13-5-2-7-15(11-13)21-22-17(23)12-4-1-6-14(10-12)20-18(24)16-8-3-9-25-16/h1-2,4-7,10-11,16,21H,3,8-9H2,(H,20,24)(H,22,23)/t16-/m0/s1. The molecule has 3 rings (SSSR count). The Morgan fingerprint density at radius 2 is 1.88 bits per heavy atom. The second kappa shape index (κ2) is 8.00. The number of ether oxygens (including phenoxy) is 1. The molecule has 1 atom stereocenters. The highest BCUT2D eigenvalue weighted by Crippen LogP contribution is 2.17. The van der Waals surface area contributed by atoms with Gasteiger partial charge in [-0.2, -0.15) is 0 Å². The SMILES string of the molecule is O=C(NNc1cccc(Cl)c1)c1cccc(NC(=O)[C@@H]2CCCO2)c1. The van der Waals surface area contributed by atoms with E-state index in [0.717, 1.165) is 12.8 Å². The van der Waals surface area contributed by atoms with E-state index < -0.39 is 6.10 Å². The molecule has 130 valence electrons. The van der Waals surface area contributed by atoms with Gasteiger partial charge < -0.3 is 10.1 Å². The van der Waals surface area contributed by atoms with Gasteiger partial charge in [-0.1, -0.05) is 23.7 Å². The van der Waals surface area contributed by atoms with Gasteiger partial charge in [0, 0.05) is 22.9 Å². The molecule has 2 amide bonds. The first-order valence-corrected chi connectivity index (χ1v) is 8.34. The van der Waals surface area contributed by atoms with Gasteiger partial charge in [0.05, 0.1) is 5.69 Å². The number of hydrogen-bond donors (Lipinski definition) is 3. The van der Waals surface area contributed by atoms with E-state index in [1.165, 1.54) is 0 Å². The third-order valence-corrected chi connectivity index (χ3v) is 3.99. The van der Waals surface area contributed by atoms with Crippen LogP contribution in [0.15, 0.2) is 48.5 Å². The number of nitrogens with one attached hydrogen (secondary N) is 3. The van der Waals surface area contributed by atoms with Gasteiger partial charge >= 0.3 is 0 Å². The number of anilines is 2. The van der Waals surface area contributed by atoms with E-state index in [2.05, 4.69) is 16.2 Å². The molecule has 0 aromatic heterocycles. The molecule has 0 radical (unpaired) electrons. The maximum Gasteiger partial charge on any atom is 0.269 e. The van der Waals surface area contributed by atoms with Crippen LogP contribution in [0, 0.1) is 0 Å². The number of halogens is 1. The third-order valence-electron chi connectivity index (χ3n) is 3.76. The molecule has 0 spiro atoms. The zero-order valence-corrected chi connectivity index (χ0v) is 14.2. The van der Waals surface area contributed by atoms with Gasteiger partial charge in [-0.25, -0.2) is 0 Å². The highest BCUT2D eigenvalue weighted by molar-refractivity contribution is 6.30. The summed E-state index contributed by atoms with van der Waals surface area (Å²) < 4.78 is 5.35. The molecule has 2 aromatic carbocycles. The average molecular weight is 360 g/mol. The average Bonchev–Trinajstić information content (AvgIpc) is 3.15. The summed E-state index contributed by atoms with van der Waals surface area (Å²) in [5.41, 5.74) is 7.03. The predicted octanol–water partition coefficient (Wildman–Crippen LogP) is 3.21.